The van der Waals surface area contributed by atoms with Gasteiger partial charge in [0.05, 0.1) is 5.52 Å². The molecule has 3 aromatic heterocycles. The molecule has 2 aliphatic rings. The number of amides is 2. The van der Waals surface area contributed by atoms with Gasteiger partial charge in [0.2, 0.25) is 0 Å². The number of nitrogen functional groups attached to an aromatic ring is 1. The Bertz CT molecular complexity index is 1480. The Balaban J connectivity index is 1.31. The van der Waals surface area contributed by atoms with Gasteiger partial charge in [-0.1, -0.05) is 16.9 Å². The normalized spacial score (nSPS) is 19.6. The molecule has 1 saturated heterocycles. The second kappa shape index (κ2) is 10.3. The monoisotopic (exact) mass is 578 g/mol. The number of nitrogens with one attached hydrogen (secondary N) is 1. The van der Waals surface area contributed by atoms with E-state index in [1.807, 2.05) is 30.1 Å². The van der Waals surface area contributed by atoms with E-state index in [4.69, 9.17) is 10.6 Å². The first-order chi connectivity index (χ1) is 17.8. The lowest BCUT2D eigenvalue weighted by Gasteiger charge is -2.49. The zero-order chi connectivity index (χ0) is 26.3. The number of anilines is 1. The van der Waals surface area contributed by atoms with Crippen LogP contribution < -0.4 is 15.6 Å². The summed E-state index contributed by atoms with van der Waals surface area (Å²) in [6.07, 6.45) is 3.90. The third-order valence-electron chi connectivity index (χ3n) is 5.52. The van der Waals surface area contributed by atoms with E-state index < -0.39 is 29.2 Å². The summed E-state index contributed by atoms with van der Waals surface area (Å²) in [4.78, 5) is 52.7. The summed E-state index contributed by atoms with van der Waals surface area (Å²) >= 11 is 5.50. The van der Waals surface area contributed by atoms with Gasteiger partial charge in [0.15, 0.2) is 27.6 Å². The van der Waals surface area contributed by atoms with Crippen LogP contribution in [0.15, 0.2) is 44.6 Å². The van der Waals surface area contributed by atoms with E-state index in [2.05, 4.69) is 20.4 Å². The van der Waals surface area contributed by atoms with Crippen LogP contribution in [0.25, 0.3) is 10.2 Å². The molecule has 0 aliphatic carbocycles. The van der Waals surface area contributed by atoms with Crippen LogP contribution in [0.2, 0.25) is 0 Å². The summed E-state index contributed by atoms with van der Waals surface area (Å²) in [7, 11) is 3.22. The predicted molar refractivity (Wildman–Crippen MR) is 141 cm³/mol. The highest BCUT2D eigenvalue weighted by Crippen LogP contribution is 2.42. The lowest BCUT2D eigenvalue weighted by molar-refractivity contribution is -0.670. The molecule has 0 saturated carbocycles. The highest BCUT2D eigenvalue weighted by Gasteiger charge is 2.54. The number of oxime groups is 1. The van der Waals surface area contributed by atoms with Gasteiger partial charge in [-0.15, -0.1) is 34.4 Å². The van der Waals surface area contributed by atoms with Gasteiger partial charge in [-0.05, 0) is 5.57 Å². The molecule has 192 valence electrons. The molecule has 5 rings (SSSR count). The van der Waals surface area contributed by atoms with Crippen LogP contribution in [0, 0.1) is 0 Å². The molecule has 4 N–H and O–H groups in total. The van der Waals surface area contributed by atoms with Crippen molar-refractivity contribution < 1.29 is 28.9 Å². The van der Waals surface area contributed by atoms with Gasteiger partial charge in [-0.3, -0.25) is 14.5 Å². The van der Waals surface area contributed by atoms with E-state index in [0.717, 1.165) is 25.9 Å². The van der Waals surface area contributed by atoms with Crippen molar-refractivity contribution in [2.24, 2.45) is 12.2 Å². The van der Waals surface area contributed by atoms with Crippen molar-refractivity contribution in [3.63, 3.8) is 0 Å². The number of aryl methyl sites for hydroxylation is 1. The highest BCUT2D eigenvalue weighted by atomic mass is 32.2. The van der Waals surface area contributed by atoms with E-state index in [-0.39, 0.29) is 22.2 Å². The van der Waals surface area contributed by atoms with Crippen LogP contribution in [0.4, 0.5) is 5.13 Å². The third-order valence-corrected chi connectivity index (χ3v) is 9.77. The van der Waals surface area contributed by atoms with Crippen LogP contribution in [0.5, 0.6) is 0 Å². The molecule has 5 heterocycles. The maximum Gasteiger partial charge on any atom is 0.352 e. The molecule has 12 nitrogen and oxygen atoms in total. The Morgan fingerprint density at radius 1 is 1.43 bits per heavy atom. The van der Waals surface area contributed by atoms with E-state index in [9.17, 15) is 19.5 Å². The van der Waals surface area contributed by atoms with Gasteiger partial charge < -0.3 is 21.0 Å². The minimum atomic E-state index is -1.19. The zero-order valence-corrected chi connectivity index (χ0v) is 22.7. The summed E-state index contributed by atoms with van der Waals surface area (Å²) in [6, 6.07) is 1.02. The fourth-order valence-electron chi connectivity index (χ4n) is 3.86. The first kappa shape index (κ1) is 25.4. The van der Waals surface area contributed by atoms with Crippen molar-refractivity contribution >= 4 is 85.0 Å². The molecule has 2 aliphatic heterocycles. The molecule has 0 bridgehead atoms. The van der Waals surface area contributed by atoms with Crippen molar-refractivity contribution in [1.82, 2.24) is 20.2 Å². The zero-order valence-electron chi connectivity index (χ0n) is 19.4. The molecule has 0 aromatic carbocycles. The number of thioether (sulfide) groups is 2. The van der Waals surface area contributed by atoms with Gasteiger partial charge >= 0.3 is 5.97 Å². The van der Waals surface area contributed by atoms with Crippen LogP contribution in [0.3, 0.4) is 0 Å². The lowest BCUT2D eigenvalue weighted by atomic mass is 10.0. The smallest absolute Gasteiger partial charge is 0.352 e. The minimum Gasteiger partial charge on any atom is -0.477 e. The van der Waals surface area contributed by atoms with Gasteiger partial charge in [-0.2, -0.15) is 0 Å². The van der Waals surface area contributed by atoms with Gasteiger partial charge in [-0.25, -0.2) is 19.3 Å². The van der Waals surface area contributed by atoms with Crippen molar-refractivity contribution in [1.29, 1.82) is 0 Å². The summed E-state index contributed by atoms with van der Waals surface area (Å²) in [6.45, 7) is 0. The standard InChI is InChI=1S/C21H19N7O5S4/c1-27-4-3-10-12(5-27)37-21(24-10)36-7-9-6-34-18-14(17(30)28(18)15(9)19(31)32)25-16(29)13(26-33-2)11-8-35-20(22)23-11/h3-5,8,14,18H,6-7H2,1-2H3,(H3-,22,23,25,29,31,32)/p+1/b26-13-/t14?,18-/m0/s1. The number of nitrogens with zero attached hydrogens (tertiary/aromatic N) is 5. The number of hydrogen-bond donors (Lipinski definition) is 3. The molecule has 0 spiro atoms. The number of pyridine rings is 1. The van der Waals surface area contributed by atoms with Crippen molar-refractivity contribution in [3.8, 4) is 0 Å². The van der Waals surface area contributed by atoms with E-state index in [0.29, 0.717) is 17.1 Å². The number of fused-ring (bicyclic) bond motifs is 2. The fraction of sp³-hybridized carbons (Fsp3) is 0.286. The topological polar surface area (TPSA) is 164 Å². The quantitative estimate of drug-likeness (QED) is 0.116. The van der Waals surface area contributed by atoms with Gasteiger partial charge in [0, 0.05) is 23.0 Å². The summed E-state index contributed by atoms with van der Waals surface area (Å²) < 4.78 is 3.79. The summed E-state index contributed by atoms with van der Waals surface area (Å²) in [5.74, 6) is -1.58. The molecule has 16 heteroatoms. The Morgan fingerprint density at radius 3 is 2.95 bits per heavy atom. The number of carboxylic acids is 1. The van der Waals surface area contributed by atoms with Crippen LogP contribution in [-0.2, 0) is 26.3 Å². The second-order valence-electron chi connectivity index (χ2n) is 7.94. The number of thiazole rings is 2. The van der Waals surface area contributed by atoms with E-state index in [1.54, 1.807) is 5.38 Å². The first-order valence-corrected chi connectivity index (χ1v) is 14.4. The van der Waals surface area contributed by atoms with Crippen LogP contribution >= 0.6 is 46.2 Å². The molecule has 2 atom stereocenters. The Kier molecular flexibility index (Phi) is 7.06. The van der Waals surface area contributed by atoms with Crippen molar-refractivity contribution in [3.05, 3.63) is 40.8 Å². The molecule has 1 fully saturated rings. The predicted octanol–water partition coefficient (Wildman–Crippen LogP) is 1.04. The highest BCUT2D eigenvalue weighted by molar-refractivity contribution is 8.02. The Hall–Kier alpha value is -3.21. The first-order valence-electron chi connectivity index (χ1n) is 10.7. The lowest BCUT2D eigenvalue weighted by Crippen LogP contribution is -2.71. The maximum absolute atomic E-state index is 13.0. The van der Waals surface area contributed by atoms with Crippen LogP contribution in [-0.4, -0.2) is 73.5 Å². The SMILES string of the molecule is CO/N=C(\C(=O)NC1C(=O)N2C(C(=O)O)=C(CSc3nc4cc[n+](C)cc4s3)CS[C@@H]12)c1csc(N)n1. The van der Waals surface area contributed by atoms with Gasteiger partial charge in [0.25, 0.3) is 11.8 Å². The number of hydrogen-bond acceptors (Lipinski definition) is 12. The number of aliphatic carboxylic acids is 1. The van der Waals surface area contributed by atoms with Crippen LogP contribution in [0.1, 0.15) is 5.69 Å². The fourth-order valence-corrected chi connectivity index (χ4v) is 8.03. The number of aromatic nitrogens is 3. The molecule has 0 radical (unpaired) electrons. The molecule has 1 unspecified atom stereocenters. The van der Waals surface area contributed by atoms with E-state index in [1.165, 1.54) is 46.9 Å². The molecule has 3 aromatic rings. The second-order valence-corrected chi connectivity index (χ2v) is 12.2. The number of carboxylic acid groups (broad SMARTS) is 1. The number of rotatable bonds is 8. The average Bonchev–Trinajstić information content (AvgIpc) is 3.48. The number of carbonyl (C=O) groups is 3. The van der Waals surface area contributed by atoms with E-state index >= 15 is 0 Å². The summed E-state index contributed by atoms with van der Waals surface area (Å²) in [5.41, 5.74) is 7.21. The minimum absolute atomic E-state index is 0.0442. The molecule has 37 heavy (non-hydrogen) atoms. The number of carbonyl (C=O) groups excluding carboxylic acids is 2. The summed E-state index contributed by atoms with van der Waals surface area (Å²) in [5, 5.41) is 17.6. The third kappa shape index (κ3) is 4.88. The Morgan fingerprint density at radius 2 is 2.24 bits per heavy atom. The average molecular weight is 579 g/mol. The molecular formula is C21H20N7O5S4+. The van der Waals surface area contributed by atoms with Crippen molar-refractivity contribution in [2.75, 3.05) is 24.3 Å². The number of β-lactam (4-membered cyclic amide) rings is 1. The Labute approximate surface area is 226 Å². The molecular weight excluding hydrogens is 559 g/mol. The van der Waals surface area contributed by atoms with Gasteiger partial charge in [0.1, 0.15) is 41.7 Å². The maximum atomic E-state index is 13.0. The van der Waals surface area contributed by atoms with Crippen molar-refractivity contribution in [2.45, 2.75) is 15.8 Å². The molecule has 2 amide bonds. The number of nitrogens with two attached hydrogens (primary N) is 1. The largest absolute Gasteiger partial charge is 0.477 e.